The zero-order valence-corrected chi connectivity index (χ0v) is 13.1. The van der Waals surface area contributed by atoms with Crippen LogP contribution in [0.15, 0.2) is 36.4 Å². The van der Waals surface area contributed by atoms with Gasteiger partial charge in [-0.25, -0.2) is 4.79 Å². The van der Waals surface area contributed by atoms with Crippen LogP contribution in [0.2, 0.25) is 0 Å². The third kappa shape index (κ3) is 2.31. The van der Waals surface area contributed by atoms with E-state index in [0.717, 1.165) is 12.0 Å². The molecule has 0 radical (unpaired) electrons. The van der Waals surface area contributed by atoms with Gasteiger partial charge >= 0.3 is 5.97 Å². The summed E-state index contributed by atoms with van der Waals surface area (Å²) in [5.41, 5.74) is 1.43. The van der Waals surface area contributed by atoms with Gasteiger partial charge in [-0.3, -0.25) is 0 Å². The Balaban J connectivity index is 1.66. The maximum Gasteiger partial charge on any atom is 0.331 e. The lowest BCUT2D eigenvalue weighted by Gasteiger charge is -2.38. The molecule has 1 aromatic carbocycles. The summed E-state index contributed by atoms with van der Waals surface area (Å²) in [6.45, 7) is 6.95. The van der Waals surface area contributed by atoms with E-state index in [2.05, 4.69) is 20.8 Å². The zero-order valence-electron chi connectivity index (χ0n) is 13.1. The van der Waals surface area contributed by atoms with Gasteiger partial charge in [0.1, 0.15) is 6.10 Å². The highest BCUT2D eigenvalue weighted by molar-refractivity contribution is 5.87. The largest absolute Gasteiger partial charge is 0.459 e. The highest BCUT2D eigenvalue weighted by Gasteiger charge is 2.62. The van der Waals surface area contributed by atoms with Crippen LogP contribution in [0, 0.1) is 16.7 Å². The minimum absolute atomic E-state index is 0.0687. The maximum atomic E-state index is 12.1. The third-order valence-electron chi connectivity index (χ3n) is 6.18. The van der Waals surface area contributed by atoms with Crippen molar-refractivity contribution in [1.82, 2.24) is 0 Å². The summed E-state index contributed by atoms with van der Waals surface area (Å²) in [6.07, 6.45) is 6.91. The van der Waals surface area contributed by atoms with E-state index in [9.17, 15) is 4.79 Å². The van der Waals surface area contributed by atoms with Crippen molar-refractivity contribution in [3.8, 4) is 0 Å². The topological polar surface area (TPSA) is 26.3 Å². The second-order valence-electron chi connectivity index (χ2n) is 7.28. The zero-order chi connectivity index (χ0) is 15.1. The summed E-state index contributed by atoms with van der Waals surface area (Å²) < 4.78 is 5.78. The lowest BCUT2D eigenvalue weighted by atomic mass is 9.70. The summed E-state index contributed by atoms with van der Waals surface area (Å²) in [6, 6.07) is 9.85. The Morgan fingerprint density at radius 1 is 1.24 bits per heavy atom. The number of carbonyl (C=O) groups excluding carboxylic acids is 1. The van der Waals surface area contributed by atoms with Crippen molar-refractivity contribution in [2.45, 2.75) is 46.1 Å². The fourth-order valence-electron chi connectivity index (χ4n) is 4.22. The van der Waals surface area contributed by atoms with Crippen LogP contribution in [0.4, 0.5) is 0 Å². The van der Waals surface area contributed by atoms with Crippen molar-refractivity contribution >= 4 is 12.0 Å². The molecule has 21 heavy (non-hydrogen) atoms. The molecule has 1 aromatic rings. The first-order valence-electron chi connectivity index (χ1n) is 7.87. The van der Waals surface area contributed by atoms with E-state index >= 15 is 0 Å². The maximum absolute atomic E-state index is 12.1. The van der Waals surface area contributed by atoms with Crippen LogP contribution in [-0.4, -0.2) is 12.1 Å². The van der Waals surface area contributed by atoms with Gasteiger partial charge in [-0.1, -0.05) is 51.1 Å². The molecule has 0 spiro atoms. The fraction of sp³-hybridized carbons (Fsp3) is 0.526. The van der Waals surface area contributed by atoms with E-state index in [0.29, 0.717) is 5.92 Å². The smallest absolute Gasteiger partial charge is 0.331 e. The molecule has 0 aromatic heterocycles. The molecule has 2 heteroatoms. The van der Waals surface area contributed by atoms with Gasteiger partial charge in [0.05, 0.1) is 0 Å². The predicted molar refractivity (Wildman–Crippen MR) is 84.6 cm³/mol. The van der Waals surface area contributed by atoms with Gasteiger partial charge in [-0.05, 0) is 42.2 Å². The Hall–Kier alpha value is -1.57. The van der Waals surface area contributed by atoms with Crippen molar-refractivity contribution in [2.75, 3.05) is 0 Å². The van der Waals surface area contributed by atoms with Gasteiger partial charge in [0, 0.05) is 11.5 Å². The van der Waals surface area contributed by atoms with E-state index in [1.54, 1.807) is 6.08 Å². The van der Waals surface area contributed by atoms with Crippen LogP contribution in [0.1, 0.15) is 45.6 Å². The van der Waals surface area contributed by atoms with Crippen molar-refractivity contribution in [3.05, 3.63) is 42.0 Å². The molecule has 0 heterocycles. The lowest BCUT2D eigenvalue weighted by Crippen LogP contribution is -2.38. The van der Waals surface area contributed by atoms with E-state index in [1.165, 1.54) is 12.8 Å². The van der Waals surface area contributed by atoms with Gasteiger partial charge in [0.15, 0.2) is 0 Å². The van der Waals surface area contributed by atoms with E-state index in [1.807, 2.05) is 36.4 Å². The summed E-state index contributed by atoms with van der Waals surface area (Å²) >= 11 is 0. The molecule has 0 saturated heterocycles. The fourth-order valence-corrected chi connectivity index (χ4v) is 4.22. The molecule has 2 aliphatic carbocycles. The molecular weight excluding hydrogens is 260 g/mol. The monoisotopic (exact) mass is 284 g/mol. The molecule has 0 N–H and O–H groups in total. The highest BCUT2D eigenvalue weighted by atomic mass is 16.5. The molecule has 112 valence electrons. The number of hydrogen-bond acceptors (Lipinski definition) is 2. The van der Waals surface area contributed by atoms with Crippen LogP contribution in [0.25, 0.3) is 6.08 Å². The Kier molecular flexibility index (Phi) is 3.43. The second-order valence-corrected chi connectivity index (χ2v) is 7.28. The van der Waals surface area contributed by atoms with Crippen molar-refractivity contribution in [3.63, 3.8) is 0 Å². The second kappa shape index (κ2) is 5.01. The molecule has 2 aliphatic rings. The van der Waals surface area contributed by atoms with Gasteiger partial charge in [0.25, 0.3) is 0 Å². The summed E-state index contributed by atoms with van der Waals surface area (Å²) in [5, 5.41) is 0. The molecule has 3 atom stereocenters. The molecule has 2 unspecified atom stereocenters. The number of rotatable bonds is 3. The molecule has 0 aliphatic heterocycles. The average molecular weight is 284 g/mol. The summed E-state index contributed by atoms with van der Waals surface area (Å²) in [5.74, 6) is 0.479. The van der Waals surface area contributed by atoms with Gasteiger partial charge in [0.2, 0.25) is 0 Å². The van der Waals surface area contributed by atoms with Crippen molar-refractivity contribution < 1.29 is 9.53 Å². The molecule has 2 bridgehead atoms. The first-order valence-corrected chi connectivity index (χ1v) is 7.87. The Morgan fingerprint density at radius 3 is 2.52 bits per heavy atom. The van der Waals surface area contributed by atoms with Gasteiger partial charge < -0.3 is 4.74 Å². The number of fused-ring (bicyclic) bond motifs is 2. The van der Waals surface area contributed by atoms with Crippen molar-refractivity contribution in [2.24, 2.45) is 16.7 Å². The minimum atomic E-state index is -0.214. The first-order chi connectivity index (χ1) is 9.93. The molecule has 0 amide bonds. The SMILES string of the molecule is CC1(C)C2CCC1(C)[C@@H](OC(=O)/C=C/c1ccccc1)C2. The van der Waals surface area contributed by atoms with Crippen LogP contribution in [-0.2, 0) is 9.53 Å². The Bertz CT molecular complexity index is 558. The predicted octanol–water partition coefficient (Wildman–Crippen LogP) is 4.46. The van der Waals surface area contributed by atoms with E-state index in [-0.39, 0.29) is 22.9 Å². The number of hydrogen-bond donors (Lipinski definition) is 0. The number of carbonyl (C=O) groups is 1. The lowest BCUT2D eigenvalue weighted by molar-refractivity contribution is -0.150. The average Bonchev–Trinajstić information content (AvgIpc) is 2.79. The van der Waals surface area contributed by atoms with Crippen LogP contribution >= 0.6 is 0 Å². The van der Waals surface area contributed by atoms with Gasteiger partial charge in [-0.15, -0.1) is 0 Å². The van der Waals surface area contributed by atoms with Gasteiger partial charge in [-0.2, -0.15) is 0 Å². The minimum Gasteiger partial charge on any atom is -0.459 e. The molecule has 2 saturated carbocycles. The number of ether oxygens (including phenoxy) is 1. The normalized spacial score (nSPS) is 33.5. The van der Waals surface area contributed by atoms with E-state index in [4.69, 9.17) is 4.74 Å². The number of esters is 1. The molecular formula is C19H24O2. The van der Waals surface area contributed by atoms with Crippen LogP contribution in [0.5, 0.6) is 0 Å². The quantitative estimate of drug-likeness (QED) is 0.605. The molecule has 2 nitrogen and oxygen atoms in total. The van der Waals surface area contributed by atoms with Crippen molar-refractivity contribution in [1.29, 1.82) is 0 Å². The van der Waals surface area contributed by atoms with Crippen LogP contribution < -0.4 is 0 Å². The molecule has 3 rings (SSSR count). The highest BCUT2D eigenvalue weighted by Crippen LogP contribution is 2.66. The van der Waals surface area contributed by atoms with Crippen LogP contribution in [0.3, 0.4) is 0 Å². The Labute approximate surface area is 127 Å². The third-order valence-corrected chi connectivity index (χ3v) is 6.18. The number of benzene rings is 1. The standard InChI is InChI=1S/C19H24O2/c1-18(2)15-11-12-19(18,3)16(13-15)21-17(20)10-9-14-7-5-4-6-8-14/h4-10,15-16H,11-13H2,1-3H3/b10-9+/t15?,16-,19?/m0/s1. The summed E-state index contributed by atoms with van der Waals surface area (Å²) in [7, 11) is 0. The Morgan fingerprint density at radius 2 is 1.95 bits per heavy atom. The van der Waals surface area contributed by atoms with E-state index < -0.39 is 0 Å². The first kappa shape index (κ1) is 14.4. The molecule has 2 fully saturated rings. The summed E-state index contributed by atoms with van der Waals surface area (Å²) in [4.78, 5) is 12.1.